The molecule has 0 aromatic heterocycles. The number of thiol groups is 1. The van der Waals surface area contributed by atoms with Crippen molar-refractivity contribution in [3.63, 3.8) is 0 Å². The fourth-order valence-corrected chi connectivity index (χ4v) is 5.19. The Morgan fingerprint density at radius 1 is 1.30 bits per heavy atom. The Morgan fingerprint density at radius 2 is 2.15 bits per heavy atom. The number of hydrogen-bond acceptors (Lipinski definition) is 1. The second kappa shape index (κ2) is 4.27. The van der Waals surface area contributed by atoms with Gasteiger partial charge in [-0.05, 0) is 77.7 Å². The minimum atomic E-state index is 0.335. The summed E-state index contributed by atoms with van der Waals surface area (Å²) in [5, 5.41) is 0. The highest BCUT2D eigenvalue weighted by molar-refractivity contribution is 7.80. The molecule has 1 saturated carbocycles. The lowest BCUT2D eigenvalue weighted by atomic mass is 9.55. The van der Waals surface area contributed by atoms with E-state index in [2.05, 4.69) is 56.5 Å². The molecule has 104 valence electrons. The summed E-state index contributed by atoms with van der Waals surface area (Å²) in [4.78, 5) is 1.11. The van der Waals surface area contributed by atoms with Gasteiger partial charge in [0.25, 0.3) is 0 Å². The van der Waals surface area contributed by atoms with Crippen molar-refractivity contribution in [1.29, 1.82) is 0 Å². The molecule has 0 saturated heterocycles. The molecule has 1 aromatic carbocycles. The maximum absolute atomic E-state index is 4.50. The van der Waals surface area contributed by atoms with Crippen LogP contribution in [0.5, 0.6) is 0 Å². The number of benzene rings is 1. The van der Waals surface area contributed by atoms with Crippen molar-refractivity contribution in [3.8, 4) is 0 Å². The molecular weight excluding hydrogens is 260 g/mol. The van der Waals surface area contributed by atoms with E-state index in [4.69, 9.17) is 0 Å². The zero-order chi connectivity index (χ0) is 13.9. The fraction of sp³-hybridized carbons (Fsp3) is 0.474. The molecule has 3 aliphatic rings. The van der Waals surface area contributed by atoms with Crippen LogP contribution in [-0.4, -0.2) is 0 Å². The minimum absolute atomic E-state index is 0.335. The maximum atomic E-state index is 4.50. The summed E-state index contributed by atoms with van der Waals surface area (Å²) in [6.07, 6.45) is 9.89. The second-order valence-electron chi connectivity index (χ2n) is 7.06. The molecule has 1 heteroatoms. The monoisotopic (exact) mass is 282 g/mol. The third-order valence-electron chi connectivity index (χ3n) is 6.20. The van der Waals surface area contributed by atoms with Gasteiger partial charge >= 0.3 is 0 Å². The van der Waals surface area contributed by atoms with Gasteiger partial charge in [-0.1, -0.05) is 31.7 Å². The lowest BCUT2D eigenvalue weighted by molar-refractivity contribution is 0.106. The third-order valence-corrected chi connectivity index (χ3v) is 6.48. The first-order chi connectivity index (χ1) is 9.59. The molecular formula is C19H22S. The molecule has 4 rings (SSSR count). The van der Waals surface area contributed by atoms with E-state index < -0.39 is 0 Å². The predicted octanol–water partition coefficient (Wildman–Crippen LogP) is 5.16. The summed E-state index contributed by atoms with van der Waals surface area (Å²) in [7, 11) is 0. The molecule has 1 fully saturated rings. The van der Waals surface area contributed by atoms with Crippen LogP contribution in [-0.2, 0) is 6.42 Å². The molecule has 0 nitrogen and oxygen atoms in total. The first-order valence-corrected chi connectivity index (χ1v) is 8.24. The lowest BCUT2D eigenvalue weighted by Gasteiger charge is -2.49. The van der Waals surface area contributed by atoms with Crippen LogP contribution in [0, 0.1) is 17.3 Å². The van der Waals surface area contributed by atoms with Crippen LogP contribution >= 0.6 is 12.6 Å². The molecule has 0 aliphatic heterocycles. The highest BCUT2D eigenvalue weighted by atomic mass is 32.1. The Morgan fingerprint density at radius 3 is 3.00 bits per heavy atom. The first kappa shape index (κ1) is 12.8. The van der Waals surface area contributed by atoms with Gasteiger partial charge in [0, 0.05) is 4.90 Å². The van der Waals surface area contributed by atoms with E-state index in [0.29, 0.717) is 11.3 Å². The van der Waals surface area contributed by atoms with E-state index in [1.54, 1.807) is 11.1 Å². The Bertz CT molecular complexity index is 612. The van der Waals surface area contributed by atoms with Crippen LogP contribution in [0.1, 0.15) is 43.2 Å². The topological polar surface area (TPSA) is 0 Å². The van der Waals surface area contributed by atoms with Crippen LogP contribution in [0.15, 0.2) is 47.4 Å². The Kier molecular flexibility index (Phi) is 2.73. The van der Waals surface area contributed by atoms with Crippen LogP contribution in [0.3, 0.4) is 0 Å². The normalized spacial score (nSPS) is 38.3. The summed E-state index contributed by atoms with van der Waals surface area (Å²) in [5.41, 5.74) is 4.84. The molecule has 4 unspecified atom stereocenters. The number of hydrogen-bond donors (Lipinski definition) is 1. The Hall–Kier alpha value is -0.950. The zero-order valence-corrected chi connectivity index (χ0v) is 13.0. The molecule has 20 heavy (non-hydrogen) atoms. The van der Waals surface area contributed by atoms with Gasteiger partial charge in [0.1, 0.15) is 0 Å². The van der Waals surface area contributed by atoms with Crippen molar-refractivity contribution < 1.29 is 0 Å². The van der Waals surface area contributed by atoms with Crippen molar-refractivity contribution in [1.82, 2.24) is 0 Å². The molecule has 0 bridgehead atoms. The molecule has 0 spiro atoms. The minimum Gasteiger partial charge on any atom is -0.143 e. The summed E-state index contributed by atoms with van der Waals surface area (Å²) < 4.78 is 0. The molecule has 0 radical (unpaired) electrons. The van der Waals surface area contributed by atoms with Gasteiger partial charge in [0.15, 0.2) is 0 Å². The van der Waals surface area contributed by atoms with Gasteiger partial charge in [-0.15, -0.1) is 12.6 Å². The quantitative estimate of drug-likeness (QED) is 0.624. The molecule has 0 amide bonds. The predicted molar refractivity (Wildman–Crippen MR) is 87.4 cm³/mol. The Balaban J connectivity index is 1.75. The van der Waals surface area contributed by atoms with Gasteiger partial charge in [-0.2, -0.15) is 0 Å². The number of aryl methyl sites for hydroxylation is 1. The third kappa shape index (κ3) is 1.62. The van der Waals surface area contributed by atoms with Gasteiger partial charge in [0.2, 0.25) is 0 Å². The number of allylic oxidation sites excluding steroid dienone is 3. The zero-order valence-electron chi connectivity index (χ0n) is 12.1. The second-order valence-corrected chi connectivity index (χ2v) is 7.57. The smallest absolute Gasteiger partial charge is 0.00429 e. The highest BCUT2D eigenvalue weighted by Gasteiger charge is 2.49. The van der Waals surface area contributed by atoms with Crippen molar-refractivity contribution in [2.45, 2.75) is 43.4 Å². The summed E-state index contributed by atoms with van der Waals surface area (Å²) in [5.74, 6) is 2.27. The van der Waals surface area contributed by atoms with E-state index in [1.807, 2.05) is 0 Å². The molecule has 0 heterocycles. The van der Waals surface area contributed by atoms with Crippen LogP contribution < -0.4 is 0 Å². The van der Waals surface area contributed by atoms with Gasteiger partial charge in [0.05, 0.1) is 0 Å². The van der Waals surface area contributed by atoms with E-state index in [-0.39, 0.29) is 0 Å². The van der Waals surface area contributed by atoms with Crippen molar-refractivity contribution in [2.75, 3.05) is 0 Å². The summed E-state index contributed by atoms with van der Waals surface area (Å²) in [6, 6.07) is 6.79. The van der Waals surface area contributed by atoms with Crippen LogP contribution in [0.2, 0.25) is 0 Å². The average molecular weight is 282 g/mol. The summed E-state index contributed by atoms with van der Waals surface area (Å²) >= 11 is 4.50. The number of rotatable bonds is 0. The molecule has 1 aromatic rings. The molecule has 0 N–H and O–H groups in total. The highest BCUT2D eigenvalue weighted by Crippen LogP contribution is 2.59. The molecule has 4 atom stereocenters. The lowest BCUT2D eigenvalue weighted by Crippen LogP contribution is -2.40. The number of fused-ring (bicyclic) bond motifs is 5. The van der Waals surface area contributed by atoms with Crippen LogP contribution in [0.25, 0.3) is 0 Å². The average Bonchev–Trinajstić information content (AvgIpc) is 2.74. The standard InChI is InChI=1S/C19H22S/c1-12-3-8-18-17-6-4-13-11-14(20)5-7-15(13)16(17)9-10-19(12,18)2/h3,5,7-8,11,16-18,20H,1,4,6,9-10H2,2H3. The van der Waals surface area contributed by atoms with E-state index in [1.165, 1.54) is 31.3 Å². The van der Waals surface area contributed by atoms with Gasteiger partial charge < -0.3 is 0 Å². The van der Waals surface area contributed by atoms with E-state index >= 15 is 0 Å². The van der Waals surface area contributed by atoms with Crippen LogP contribution in [0.4, 0.5) is 0 Å². The maximum Gasteiger partial charge on any atom is 0.00429 e. The first-order valence-electron chi connectivity index (χ1n) is 7.79. The molecule has 3 aliphatic carbocycles. The van der Waals surface area contributed by atoms with Gasteiger partial charge in [-0.3, -0.25) is 0 Å². The van der Waals surface area contributed by atoms with Crippen molar-refractivity contribution >= 4 is 12.6 Å². The largest absolute Gasteiger partial charge is 0.143 e. The van der Waals surface area contributed by atoms with Crippen molar-refractivity contribution in [3.05, 3.63) is 53.6 Å². The van der Waals surface area contributed by atoms with E-state index in [9.17, 15) is 0 Å². The Labute approximate surface area is 127 Å². The van der Waals surface area contributed by atoms with E-state index in [0.717, 1.165) is 16.7 Å². The van der Waals surface area contributed by atoms with Crippen molar-refractivity contribution in [2.24, 2.45) is 17.3 Å². The SMILES string of the molecule is C=C1C=CC2C3CCc4cc(S)ccc4C3CCC12C. The fourth-order valence-electron chi connectivity index (χ4n) is 4.96. The van der Waals surface area contributed by atoms with Gasteiger partial charge in [-0.25, -0.2) is 0 Å². The summed E-state index contributed by atoms with van der Waals surface area (Å²) in [6.45, 7) is 6.74.